The molecule has 0 saturated carbocycles. The monoisotopic (exact) mass is 310 g/mol. The molecular formula is C13H15FN4O2S. The second kappa shape index (κ2) is 5.12. The maximum absolute atomic E-state index is 13.4. The van der Waals surface area contributed by atoms with Crippen LogP contribution in [-0.4, -0.2) is 31.3 Å². The van der Waals surface area contributed by atoms with Gasteiger partial charge in [-0.3, -0.25) is 8.99 Å². The summed E-state index contributed by atoms with van der Waals surface area (Å²) in [6.45, 7) is 1.13. The first-order chi connectivity index (χ1) is 10.0. The molecule has 0 spiro atoms. The number of halogens is 1. The van der Waals surface area contributed by atoms with Gasteiger partial charge in [-0.15, -0.1) is 0 Å². The minimum Gasteiger partial charge on any atom is -0.329 e. The van der Waals surface area contributed by atoms with Crippen LogP contribution >= 0.6 is 0 Å². The Morgan fingerprint density at radius 3 is 2.95 bits per heavy atom. The van der Waals surface area contributed by atoms with Crippen LogP contribution in [-0.2, 0) is 23.0 Å². The van der Waals surface area contributed by atoms with E-state index < -0.39 is 15.8 Å². The Kier molecular flexibility index (Phi) is 3.42. The lowest BCUT2D eigenvalue weighted by molar-refractivity contribution is 0.590. The van der Waals surface area contributed by atoms with Crippen molar-refractivity contribution in [2.45, 2.75) is 17.9 Å². The lowest BCUT2D eigenvalue weighted by Crippen LogP contribution is -2.28. The van der Waals surface area contributed by atoms with Crippen LogP contribution in [0.25, 0.3) is 0 Å². The van der Waals surface area contributed by atoms with Gasteiger partial charge >= 0.3 is 0 Å². The normalized spacial score (nSPS) is 14.5. The number of sulfonamides is 1. The highest BCUT2D eigenvalue weighted by atomic mass is 32.2. The van der Waals surface area contributed by atoms with Gasteiger partial charge in [0.2, 0.25) is 0 Å². The molecule has 0 aliphatic carbocycles. The summed E-state index contributed by atoms with van der Waals surface area (Å²) in [5.74, 6) is -0.449. The molecule has 1 aromatic carbocycles. The predicted octanol–water partition coefficient (Wildman–Crippen LogP) is 0.732. The van der Waals surface area contributed by atoms with Crippen LogP contribution in [0.3, 0.4) is 0 Å². The molecule has 1 aromatic heterocycles. The van der Waals surface area contributed by atoms with E-state index in [9.17, 15) is 12.8 Å². The van der Waals surface area contributed by atoms with Gasteiger partial charge in [0.25, 0.3) is 10.0 Å². The molecule has 2 aromatic rings. The predicted molar refractivity (Wildman–Crippen MR) is 75.9 cm³/mol. The number of hydrogen-bond acceptors (Lipinski definition) is 4. The molecular weight excluding hydrogens is 295 g/mol. The summed E-state index contributed by atoms with van der Waals surface area (Å²) in [6.07, 6.45) is 3.31. The highest BCUT2D eigenvalue weighted by Gasteiger charge is 2.32. The molecule has 0 bridgehead atoms. The SMILES string of the molecule is NCCn1cc(S(=O)(=O)N2CCc3ccc(F)cc32)cn1. The fourth-order valence-electron chi connectivity index (χ4n) is 2.43. The van der Waals surface area contributed by atoms with E-state index in [4.69, 9.17) is 5.73 Å². The van der Waals surface area contributed by atoms with E-state index in [2.05, 4.69) is 5.10 Å². The van der Waals surface area contributed by atoms with E-state index in [1.165, 1.54) is 33.5 Å². The molecule has 2 heterocycles. The Morgan fingerprint density at radius 2 is 2.19 bits per heavy atom. The number of nitrogens with two attached hydrogens (primary N) is 1. The smallest absolute Gasteiger partial charge is 0.267 e. The second-order valence-electron chi connectivity index (χ2n) is 4.83. The average molecular weight is 310 g/mol. The van der Waals surface area contributed by atoms with Crippen molar-refractivity contribution in [2.24, 2.45) is 5.73 Å². The lowest BCUT2D eigenvalue weighted by atomic mass is 10.2. The molecule has 0 amide bonds. The van der Waals surface area contributed by atoms with Crippen molar-refractivity contribution in [1.82, 2.24) is 9.78 Å². The third kappa shape index (κ3) is 2.40. The number of benzene rings is 1. The van der Waals surface area contributed by atoms with Crippen molar-refractivity contribution in [2.75, 3.05) is 17.4 Å². The van der Waals surface area contributed by atoms with Crippen molar-refractivity contribution in [3.05, 3.63) is 42.0 Å². The van der Waals surface area contributed by atoms with Gasteiger partial charge in [0.05, 0.1) is 18.4 Å². The molecule has 2 N–H and O–H groups in total. The van der Waals surface area contributed by atoms with Crippen LogP contribution < -0.4 is 10.0 Å². The molecule has 0 atom stereocenters. The van der Waals surface area contributed by atoms with Crippen LogP contribution in [0.4, 0.5) is 10.1 Å². The van der Waals surface area contributed by atoms with Crippen molar-refractivity contribution >= 4 is 15.7 Å². The topological polar surface area (TPSA) is 81.2 Å². The number of aromatic nitrogens is 2. The quantitative estimate of drug-likeness (QED) is 0.903. The summed E-state index contributed by atoms with van der Waals surface area (Å²) < 4.78 is 41.4. The van der Waals surface area contributed by atoms with Crippen LogP contribution in [0.15, 0.2) is 35.5 Å². The minimum absolute atomic E-state index is 0.0908. The van der Waals surface area contributed by atoms with E-state index >= 15 is 0 Å². The first-order valence-corrected chi connectivity index (χ1v) is 8.00. The molecule has 8 heteroatoms. The van der Waals surface area contributed by atoms with Gasteiger partial charge in [0.1, 0.15) is 10.7 Å². The number of rotatable bonds is 4. The molecule has 3 rings (SSSR count). The molecule has 0 radical (unpaired) electrons. The zero-order chi connectivity index (χ0) is 15.0. The highest BCUT2D eigenvalue weighted by molar-refractivity contribution is 7.92. The summed E-state index contributed by atoms with van der Waals surface area (Å²) in [4.78, 5) is 0.0908. The maximum atomic E-state index is 13.4. The van der Waals surface area contributed by atoms with Gasteiger partial charge in [-0.2, -0.15) is 5.10 Å². The Morgan fingerprint density at radius 1 is 1.38 bits per heavy atom. The van der Waals surface area contributed by atoms with Crippen LogP contribution in [0, 0.1) is 5.82 Å². The summed E-state index contributed by atoms with van der Waals surface area (Å²) in [7, 11) is -3.72. The number of nitrogens with zero attached hydrogens (tertiary/aromatic N) is 3. The largest absolute Gasteiger partial charge is 0.329 e. The third-order valence-corrected chi connectivity index (χ3v) is 5.22. The fraction of sp³-hybridized carbons (Fsp3) is 0.308. The van der Waals surface area contributed by atoms with Gasteiger partial charge in [0, 0.05) is 19.3 Å². The molecule has 112 valence electrons. The van der Waals surface area contributed by atoms with Gasteiger partial charge in [-0.25, -0.2) is 12.8 Å². The third-order valence-electron chi connectivity index (χ3n) is 3.46. The maximum Gasteiger partial charge on any atom is 0.267 e. The molecule has 0 unspecified atom stereocenters. The standard InChI is InChI=1S/C13H15FN4O2S/c14-11-2-1-10-3-5-18(13(10)7-11)21(19,20)12-8-16-17(9-12)6-4-15/h1-2,7-9H,3-6,15H2. The van der Waals surface area contributed by atoms with Crippen molar-refractivity contribution in [1.29, 1.82) is 0 Å². The van der Waals surface area contributed by atoms with Gasteiger partial charge in [-0.1, -0.05) is 6.07 Å². The van der Waals surface area contributed by atoms with Crippen molar-refractivity contribution in [3.63, 3.8) is 0 Å². The van der Waals surface area contributed by atoms with Gasteiger partial charge in [-0.05, 0) is 24.1 Å². The fourth-order valence-corrected chi connectivity index (χ4v) is 3.88. The van der Waals surface area contributed by atoms with Crippen LogP contribution in [0.5, 0.6) is 0 Å². The Labute approximate surface area is 122 Å². The van der Waals surface area contributed by atoms with Crippen LogP contribution in [0.2, 0.25) is 0 Å². The van der Waals surface area contributed by atoms with Gasteiger partial charge < -0.3 is 5.73 Å². The van der Waals surface area contributed by atoms with Crippen molar-refractivity contribution in [3.8, 4) is 0 Å². The molecule has 1 aliphatic rings. The molecule has 0 fully saturated rings. The summed E-state index contributed by atoms with van der Waals surface area (Å²) in [5.41, 5.74) is 6.65. The first kappa shape index (κ1) is 14.0. The number of hydrogen-bond donors (Lipinski definition) is 1. The second-order valence-corrected chi connectivity index (χ2v) is 6.69. The summed E-state index contributed by atoms with van der Waals surface area (Å²) >= 11 is 0. The Bertz CT molecular complexity index is 772. The van der Waals surface area contributed by atoms with Gasteiger partial charge in [0.15, 0.2) is 0 Å². The van der Waals surface area contributed by atoms with E-state index in [0.717, 1.165) is 5.56 Å². The Balaban J connectivity index is 1.98. The van der Waals surface area contributed by atoms with Crippen LogP contribution in [0.1, 0.15) is 5.56 Å². The number of anilines is 1. The molecule has 6 nitrogen and oxygen atoms in total. The lowest BCUT2D eigenvalue weighted by Gasteiger charge is -2.18. The summed E-state index contributed by atoms with van der Waals surface area (Å²) in [5, 5.41) is 3.97. The molecule has 21 heavy (non-hydrogen) atoms. The van der Waals surface area contributed by atoms with Crippen molar-refractivity contribution < 1.29 is 12.8 Å². The van der Waals surface area contributed by atoms with E-state index in [-0.39, 0.29) is 4.90 Å². The van der Waals surface area contributed by atoms with E-state index in [1.807, 2.05) is 0 Å². The molecule has 0 saturated heterocycles. The molecule has 1 aliphatic heterocycles. The summed E-state index contributed by atoms with van der Waals surface area (Å²) in [6, 6.07) is 4.22. The zero-order valence-corrected chi connectivity index (χ0v) is 12.1. The van der Waals surface area contributed by atoms with E-state index in [0.29, 0.717) is 31.7 Å². The highest BCUT2D eigenvalue weighted by Crippen LogP contribution is 2.33. The Hall–Kier alpha value is -1.93. The minimum atomic E-state index is -3.72. The van der Waals surface area contributed by atoms with E-state index in [1.54, 1.807) is 6.07 Å². The first-order valence-electron chi connectivity index (χ1n) is 6.56. The zero-order valence-electron chi connectivity index (χ0n) is 11.2. The average Bonchev–Trinajstić information content (AvgIpc) is 3.05. The number of fused-ring (bicyclic) bond motifs is 1.